The lowest BCUT2D eigenvalue weighted by atomic mass is 10.1. The van der Waals surface area contributed by atoms with Gasteiger partial charge in [0.05, 0.1) is 13.3 Å². The number of ether oxygens (including phenoxy) is 1. The van der Waals surface area contributed by atoms with Crippen molar-refractivity contribution in [2.75, 3.05) is 7.11 Å². The maximum absolute atomic E-state index is 6.30. The van der Waals surface area contributed by atoms with Crippen LogP contribution >= 0.6 is 0 Å². The van der Waals surface area contributed by atoms with Crippen LogP contribution in [0.25, 0.3) is 0 Å². The van der Waals surface area contributed by atoms with Gasteiger partial charge in [-0.15, -0.1) is 0 Å². The highest BCUT2D eigenvalue weighted by Gasteiger charge is 2.22. The van der Waals surface area contributed by atoms with E-state index in [2.05, 4.69) is 18.9 Å². The van der Waals surface area contributed by atoms with Crippen molar-refractivity contribution in [1.82, 2.24) is 9.78 Å². The molecule has 104 valence electrons. The Morgan fingerprint density at radius 2 is 2.21 bits per heavy atom. The van der Waals surface area contributed by atoms with Crippen LogP contribution in [-0.2, 0) is 13.0 Å². The molecule has 1 unspecified atom stereocenters. The SMILES string of the molecule is CCCn1ncc(OC)c1C(N)c1ccc(CC)o1. The number of nitrogens with zero attached hydrogens (tertiary/aromatic N) is 2. The van der Waals surface area contributed by atoms with Gasteiger partial charge in [-0.1, -0.05) is 13.8 Å². The quantitative estimate of drug-likeness (QED) is 0.869. The third kappa shape index (κ3) is 2.66. The monoisotopic (exact) mass is 263 g/mol. The van der Waals surface area contributed by atoms with Gasteiger partial charge in [-0.05, 0) is 18.6 Å². The summed E-state index contributed by atoms with van der Waals surface area (Å²) >= 11 is 0. The van der Waals surface area contributed by atoms with Crippen molar-refractivity contribution < 1.29 is 9.15 Å². The number of methoxy groups -OCH3 is 1. The van der Waals surface area contributed by atoms with Crippen LogP contribution in [0.1, 0.15) is 43.5 Å². The second kappa shape index (κ2) is 5.93. The van der Waals surface area contributed by atoms with E-state index in [1.807, 2.05) is 16.8 Å². The predicted molar refractivity (Wildman–Crippen MR) is 73.2 cm³/mol. The molecule has 0 radical (unpaired) electrons. The minimum atomic E-state index is -0.357. The molecule has 0 bridgehead atoms. The number of furan rings is 1. The highest BCUT2D eigenvalue weighted by molar-refractivity contribution is 5.33. The van der Waals surface area contributed by atoms with Gasteiger partial charge in [0.15, 0.2) is 5.75 Å². The fraction of sp³-hybridized carbons (Fsp3) is 0.500. The van der Waals surface area contributed by atoms with E-state index in [1.54, 1.807) is 13.3 Å². The lowest BCUT2D eigenvalue weighted by Gasteiger charge is -2.13. The van der Waals surface area contributed by atoms with Gasteiger partial charge in [0, 0.05) is 13.0 Å². The Balaban J connectivity index is 2.35. The number of hydrogen-bond acceptors (Lipinski definition) is 4. The average molecular weight is 263 g/mol. The first-order valence-electron chi connectivity index (χ1n) is 6.65. The van der Waals surface area contributed by atoms with Gasteiger partial charge in [0.1, 0.15) is 23.3 Å². The summed E-state index contributed by atoms with van der Waals surface area (Å²) in [6.45, 7) is 4.97. The van der Waals surface area contributed by atoms with Gasteiger partial charge < -0.3 is 14.9 Å². The van der Waals surface area contributed by atoms with Crippen molar-refractivity contribution >= 4 is 0 Å². The normalized spacial score (nSPS) is 12.6. The lowest BCUT2D eigenvalue weighted by molar-refractivity contribution is 0.393. The molecule has 1 atom stereocenters. The van der Waals surface area contributed by atoms with Gasteiger partial charge >= 0.3 is 0 Å². The molecule has 2 aromatic rings. The van der Waals surface area contributed by atoms with E-state index in [4.69, 9.17) is 14.9 Å². The Hall–Kier alpha value is -1.75. The molecule has 19 heavy (non-hydrogen) atoms. The first kappa shape index (κ1) is 13.7. The molecule has 0 aromatic carbocycles. The number of aromatic nitrogens is 2. The van der Waals surface area contributed by atoms with Crippen LogP contribution in [0.2, 0.25) is 0 Å². The molecule has 0 fully saturated rings. The number of rotatable bonds is 6. The number of hydrogen-bond donors (Lipinski definition) is 1. The summed E-state index contributed by atoms with van der Waals surface area (Å²) in [5, 5.41) is 4.32. The van der Waals surface area contributed by atoms with Crippen molar-refractivity contribution in [1.29, 1.82) is 0 Å². The van der Waals surface area contributed by atoms with E-state index in [0.717, 1.165) is 36.6 Å². The minimum absolute atomic E-state index is 0.357. The van der Waals surface area contributed by atoms with Gasteiger partial charge in [-0.2, -0.15) is 5.10 Å². The highest BCUT2D eigenvalue weighted by atomic mass is 16.5. The molecule has 2 aromatic heterocycles. The zero-order valence-corrected chi connectivity index (χ0v) is 11.7. The molecule has 2 rings (SSSR count). The molecular weight excluding hydrogens is 242 g/mol. The molecule has 5 nitrogen and oxygen atoms in total. The van der Waals surface area contributed by atoms with Crippen molar-refractivity contribution in [2.45, 2.75) is 39.3 Å². The Morgan fingerprint density at radius 1 is 1.42 bits per heavy atom. The van der Waals surface area contributed by atoms with E-state index >= 15 is 0 Å². The van der Waals surface area contributed by atoms with Gasteiger partial charge in [0.25, 0.3) is 0 Å². The molecule has 2 N–H and O–H groups in total. The Kier molecular flexibility index (Phi) is 4.27. The topological polar surface area (TPSA) is 66.2 Å². The molecule has 0 saturated carbocycles. The Bertz CT molecular complexity index is 531. The van der Waals surface area contributed by atoms with E-state index < -0.39 is 0 Å². The zero-order valence-electron chi connectivity index (χ0n) is 11.7. The van der Waals surface area contributed by atoms with Crippen molar-refractivity contribution in [2.24, 2.45) is 5.73 Å². The largest absolute Gasteiger partial charge is 0.493 e. The van der Waals surface area contributed by atoms with E-state index in [0.29, 0.717) is 5.75 Å². The summed E-state index contributed by atoms with van der Waals surface area (Å²) < 4.78 is 13.0. The van der Waals surface area contributed by atoms with Crippen LogP contribution in [0.5, 0.6) is 5.75 Å². The molecule has 0 aliphatic heterocycles. The van der Waals surface area contributed by atoms with Crippen LogP contribution in [0.4, 0.5) is 0 Å². The third-order valence-electron chi connectivity index (χ3n) is 3.13. The van der Waals surface area contributed by atoms with Crippen LogP contribution in [0, 0.1) is 0 Å². The average Bonchev–Trinajstić information content (AvgIpc) is 3.04. The molecule has 0 saturated heterocycles. The number of aryl methyl sites for hydroxylation is 2. The van der Waals surface area contributed by atoms with E-state index in [-0.39, 0.29) is 6.04 Å². The summed E-state index contributed by atoms with van der Waals surface area (Å²) in [6, 6.07) is 3.53. The first-order chi connectivity index (χ1) is 9.21. The maximum atomic E-state index is 6.30. The van der Waals surface area contributed by atoms with Crippen molar-refractivity contribution in [3.8, 4) is 5.75 Å². The van der Waals surface area contributed by atoms with Crippen LogP contribution in [0.3, 0.4) is 0 Å². The number of nitrogens with two attached hydrogens (primary N) is 1. The smallest absolute Gasteiger partial charge is 0.162 e. The molecule has 0 spiro atoms. The van der Waals surface area contributed by atoms with Crippen LogP contribution < -0.4 is 10.5 Å². The maximum Gasteiger partial charge on any atom is 0.162 e. The van der Waals surface area contributed by atoms with E-state index in [9.17, 15) is 0 Å². The van der Waals surface area contributed by atoms with Crippen molar-refractivity contribution in [3.63, 3.8) is 0 Å². The molecule has 2 heterocycles. The Morgan fingerprint density at radius 3 is 2.79 bits per heavy atom. The van der Waals surface area contributed by atoms with Crippen LogP contribution in [-0.4, -0.2) is 16.9 Å². The molecule has 0 amide bonds. The molecule has 0 aliphatic rings. The summed E-state index contributed by atoms with van der Waals surface area (Å²) in [6.07, 6.45) is 3.55. The fourth-order valence-electron chi connectivity index (χ4n) is 2.13. The summed E-state index contributed by atoms with van der Waals surface area (Å²) in [5.41, 5.74) is 7.16. The van der Waals surface area contributed by atoms with Gasteiger partial charge in [0.2, 0.25) is 0 Å². The first-order valence-corrected chi connectivity index (χ1v) is 6.65. The van der Waals surface area contributed by atoms with E-state index in [1.165, 1.54) is 0 Å². The lowest BCUT2D eigenvalue weighted by Crippen LogP contribution is -2.18. The van der Waals surface area contributed by atoms with Crippen molar-refractivity contribution in [3.05, 3.63) is 35.5 Å². The van der Waals surface area contributed by atoms with Gasteiger partial charge in [-0.25, -0.2) is 0 Å². The molecular formula is C14H21N3O2. The molecule has 0 aliphatic carbocycles. The van der Waals surface area contributed by atoms with Gasteiger partial charge in [-0.3, -0.25) is 4.68 Å². The standard InChI is InChI=1S/C14H21N3O2/c1-4-8-17-14(12(18-3)9-16-17)13(15)11-7-6-10(5-2)19-11/h6-7,9,13H,4-5,8,15H2,1-3H3. The minimum Gasteiger partial charge on any atom is -0.493 e. The zero-order chi connectivity index (χ0) is 13.8. The summed E-state index contributed by atoms with van der Waals surface area (Å²) in [4.78, 5) is 0. The summed E-state index contributed by atoms with van der Waals surface area (Å²) in [5.74, 6) is 2.38. The Labute approximate surface area is 113 Å². The van der Waals surface area contributed by atoms with Crippen LogP contribution in [0.15, 0.2) is 22.7 Å². The second-order valence-electron chi connectivity index (χ2n) is 4.46. The third-order valence-corrected chi connectivity index (χ3v) is 3.13. The summed E-state index contributed by atoms with van der Waals surface area (Å²) in [7, 11) is 1.63. The fourth-order valence-corrected chi connectivity index (χ4v) is 2.13. The predicted octanol–water partition coefficient (Wildman–Crippen LogP) is 2.51. The highest BCUT2D eigenvalue weighted by Crippen LogP contribution is 2.29. The second-order valence-corrected chi connectivity index (χ2v) is 4.46. The molecule has 5 heteroatoms.